The Balaban J connectivity index is 0.00000240. The van der Waals surface area contributed by atoms with E-state index in [0.717, 1.165) is 51.6 Å². The maximum absolute atomic E-state index is 12.8. The zero-order valence-electron chi connectivity index (χ0n) is 17.6. The number of carbonyl (C=O) groups is 2. The summed E-state index contributed by atoms with van der Waals surface area (Å²) >= 11 is 0. The average Bonchev–Trinajstić information content (AvgIpc) is 2.69. The summed E-state index contributed by atoms with van der Waals surface area (Å²) in [5, 5.41) is 6.51. The second-order valence-electron chi connectivity index (χ2n) is 9.75. The molecule has 4 N–H and O–H groups in total. The van der Waals surface area contributed by atoms with E-state index in [1.54, 1.807) is 0 Å². The van der Waals surface area contributed by atoms with Crippen molar-refractivity contribution in [3.8, 4) is 0 Å². The molecule has 166 valence electrons. The first-order chi connectivity index (χ1) is 13.6. The number of nitrogens with zero attached hydrogens (tertiary/aromatic N) is 1. The predicted octanol–water partition coefficient (Wildman–Crippen LogP) is 3.18. The highest BCUT2D eigenvalue weighted by atomic mass is 35.5. The van der Waals surface area contributed by atoms with Crippen molar-refractivity contribution in [1.29, 1.82) is 0 Å². The van der Waals surface area contributed by atoms with Crippen LogP contribution in [0.25, 0.3) is 0 Å². The molecule has 2 bridgehead atoms. The van der Waals surface area contributed by atoms with Crippen LogP contribution in [0, 0.1) is 17.8 Å². The van der Waals surface area contributed by atoms with Gasteiger partial charge in [0.05, 0.1) is 0 Å². The number of nitrogens with two attached hydrogens (primary N) is 1. The van der Waals surface area contributed by atoms with Gasteiger partial charge in [-0.3, -0.25) is 4.79 Å². The maximum atomic E-state index is 12.8. The van der Waals surface area contributed by atoms with Crippen molar-refractivity contribution in [3.05, 3.63) is 0 Å². The largest absolute Gasteiger partial charge is 0.353 e. The molecule has 1 aliphatic heterocycles. The second-order valence-corrected chi connectivity index (χ2v) is 9.75. The molecule has 6 nitrogen and oxygen atoms in total. The molecule has 3 saturated carbocycles. The third-order valence-electron chi connectivity index (χ3n) is 7.85. The number of fused-ring (bicyclic) bond motifs is 2. The molecule has 0 aromatic rings. The highest BCUT2D eigenvalue weighted by molar-refractivity contribution is 5.85. The summed E-state index contributed by atoms with van der Waals surface area (Å²) in [6, 6.07) is 0.965. The van der Waals surface area contributed by atoms with E-state index < -0.39 is 0 Å². The van der Waals surface area contributed by atoms with Crippen LogP contribution in [-0.4, -0.2) is 48.1 Å². The van der Waals surface area contributed by atoms with E-state index >= 15 is 0 Å². The molecule has 3 aliphatic carbocycles. The van der Waals surface area contributed by atoms with Gasteiger partial charge in [-0.25, -0.2) is 4.79 Å². The van der Waals surface area contributed by atoms with E-state index in [4.69, 9.17) is 5.73 Å². The van der Waals surface area contributed by atoms with Crippen LogP contribution in [0.2, 0.25) is 0 Å². The Morgan fingerprint density at radius 2 is 1.34 bits per heavy atom. The van der Waals surface area contributed by atoms with Gasteiger partial charge in [0.15, 0.2) is 0 Å². The van der Waals surface area contributed by atoms with Crippen molar-refractivity contribution in [2.75, 3.05) is 13.1 Å². The van der Waals surface area contributed by atoms with Crippen molar-refractivity contribution in [2.45, 2.75) is 95.2 Å². The van der Waals surface area contributed by atoms with Gasteiger partial charge < -0.3 is 21.3 Å². The average molecular weight is 427 g/mol. The summed E-state index contributed by atoms with van der Waals surface area (Å²) < 4.78 is 0. The van der Waals surface area contributed by atoms with Crippen LogP contribution in [0.15, 0.2) is 0 Å². The summed E-state index contributed by atoms with van der Waals surface area (Å²) in [4.78, 5) is 27.3. The van der Waals surface area contributed by atoms with Crippen molar-refractivity contribution < 1.29 is 9.59 Å². The number of hydrogen-bond acceptors (Lipinski definition) is 3. The number of nitrogens with one attached hydrogen (secondary N) is 2. The molecular weight excluding hydrogens is 388 g/mol. The first-order valence-electron chi connectivity index (χ1n) is 11.7. The minimum Gasteiger partial charge on any atom is -0.353 e. The van der Waals surface area contributed by atoms with Crippen LogP contribution >= 0.6 is 12.4 Å². The summed E-state index contributed by atoms with van der Waals surface area (Å²) in [7, 11) is 0. The van der Waals surface area contributed by atoms with Crippen molar-refractivity contribution >= 4 is 24.3 Å². The standard InChI is InChI=1S/C22H38N4O2.ClH/c23-20-15-5-4-6-16(20)14-17(13-15)21(27)24-19-9-11-26(12-10-19)22(28)25-18-7-2-1-3-8-18;/h15-20H,1-14,23H2,(H,24,27)(H,25,28);1H. The molecule has 0 aromatic heterocycles. The number of amides is 3. The van der Waals surface area contributed by atoms with Crippen LogP contribution in [-0.2, 0) is 4.79 Å². The zero-order chi connectivity index (χ0) is 19.5. The molecule has 2 atom stereocenters. The quantitative estimate of drug-likeness (QED) is 0.647. The van der Waals surface area contributed by atoms with Crippen LogP contribution < -0.4 is 16.4 Å². The Bertz CT molecular complexity index is 547. The van der Waals surface area contributed by atoms with Gasteiger partial charge in [-0.1, -0.05) is 25.7 Å². The van der Waals surface area contributed by atoms with Gasteiger partial charge >= 0.3 is 6.03 Å². The Morgan fingerprint density at radius 1 is 0.759 bits per heavy atom. The summed E-state index contributed by atoms with van der Waals surface area (Å²) in [6.07, 6.45) is 13.3. The molecule has 0 aromatic carbocycles. The van der Waals surface area contributed by atoms with Crippen molar-refractivity contribution in [1.82, 2.24) is 15.5 Å². The van der Waals surface area contributed by atoms with E-state index in [-0.39, 0.29) is 36.3 Å². The fraction of sp³-hybridized carbons (Fsp3) is 0.909. The minimum atomic E-state index is 0. The first kappa shape index (κ1) is 22.7. The molecular formula is C22H39ClN4O2. The summed E-state index contributed by atoms with van der Waals surface area (Å²) in [6.45, 7) is 1.48. The molecule has 1 heterocycles. The lowest BCUT2D eigenvalue weighted by molar-refractivity contribution is -0.128. The lowest BCUT2D eigenvalue weighted by Gasteiger charge is -2.44. The topological polar surface area (TPSA) is 87.5 Å². The highest BCUT2D eigenvalue weighted by Gasteiger charge is 2.41. The molecule has 0 spiro atoms. The molecule has 29 heavy (non-hydrogen) atoms. The van der Waals surface area contributed by atoms with Gasteiger partial charge in [-0.2, -0.15) is 0 Å². The lowest BCUT2D eigenvalue weighted by Crippen LogP contribution is -2.53. The second kappa shape index (κ2) is 10.3. The molecule has 0 radical (unpaired) electrons. The molecule has 4 rings (SSSR count). The molecule has 3 amide bonds. The van der Waals surface area contributed by atoms with Gasteiger partial charge in [0, 0.05) is 37.1 Å². The molecule has 2 unspecified atom stereocenters. The number of carbonyl (C=O) groups excluding carboxylic acids is 2. The number of likely N-dealkylation sites (tertiary alicyclic amines) is 1. The fourth-order valence-corrected chi connectivity index (χ4v) is 6.06. The highest BCUT2D eigenvalue weighted by Crippen LogP contribution is 2.42. The Kier molecular flexibility index (Phi) is 8.08. The molecule has 4 aliphatic rings. The fourth-order valence-electron chi connectivity index (χ4n) is 6.06. The number of hydrogen-bond donors (Lipinski definition) is 3. The maximum Gasteiger partial charge on any atom is 0.317 e. The monoisotopic (exact) mass is 426 g/mol. The van der Waals surface area contributed by atoms with Crippen LogP contribution in [0.4, 0.5) is 4.79 Å². The molecule has 7 heteroatoms. The van der Waals surface area contributed by atoms with Crippen LogP contribution in [0.1, 0.15) is 77.0 Å². The predicted molar refractivity (Wildman–Crippen MR) is 117 cm³/mol. The first-order valence-corrected chi connectivity index (χ1v) is 11.7. The lowest BCUT2D eigenvalue weighted by atomic mass is 9.65. The third kappa shape index (κ3) is 5.57. The van der Waals surface area contributed by atoms with Gasteiger partial charge in [0.25, 0.3) is 0 Å². The van der Waals surface area contributed by atoms with E-state index in [1.807, 2.05) is 4.90 Å². The van der Waals surface area contributed by atoms with E-state index in [0.29, 0.717) is 23.9 Å². The normalized spacial score (nSPS) is 33.5. The van der Waals surface area contributed by atoms with Crippen molar-refractivity contribution in [2.24, 2.45) is 23.5 Å². The van der Waals surface area contributed by atoms with E-state index in [2.05, 4.69) is 10.6 Å². The number of rotatable bonds is 3. The SMILES string of the molecule is Cl.NC1C2CCCC1CC(C(=O)NC1CCN(C(=O)NC3CCCCC3)CC1)C2. The van der Waals surface area contributed by atoms with E-state index in [9.17, 15) is 9.59 Å². The smallest absolute Gasteiger partial charge is 0.317 e. The Labute approximate surface area is 181 Å². The molecule has 1 saturated heterocycles. The zero-order valence-corrected chi connectivity index (χ0v) is 18.4. The van der Waals surface area contributed by atoms with Gasteiger partial charge in [-0.05, 0) is 63.2 Å². The summed E-state index contributed by atoms with van der Waals surface area (Å²) in [5.74, 6) is 1.44. The number of urea groups is 1. The Morgan fingerprint density at radius 3 is 1.97 bits per heavy atom. The third-order valence-corrected chi connectivity index (χ3v) is 7.85. The summed E-state index contributed by atoms with van der Waals surface area (Å²) in [5.41, 5.74) is 6.37. The van der Waals surface area contributed by atoms with E-state index in [1.165, 1.54) is 38.5 Å². The Hall–Kier alpha value is -1.01. The van der Waals surface area contributed by atoms with Gasteiger partial charge in [0.2, 0.25) is 5.91 Å². The minimum absolute atomic E-state index is 0. The number of piperidine rings is 1. The van der Waals surface area contributed by atoms with Crippen LogP contribution in [0.3, 0.4) is 0 Å². The van der Waals surface area contributed by atoms with Gasteiger partial charge in [-0.15, -0.1) is 12.4 Å². The molecule has 4 fully saturated rings. The number of halogens is 1. The van der Waals surface area contributed by atoms with Gasteiger partial charge in [0.1, 0.15) is 0 Å². The van der Waals surface area contributed by atoms with Crippen LogP contribution in [0.5, 0.6) is 0 Å². The van der Waals surface area contributed by atoms with Crippen molar-refractivity contribution in [3.63, 3.8) is 0 Å².